The number of carboxylic acids is 1. The summed E-state index contributed by atoms with van der Waals surface area (Å²) in [5.41, 5.74) is 1.70. The standard InChI is InChI=1S/C15H21FN2O2/c1-17(2)8-9-18(10-15(19)20)14-7-6-11-12(14)4-3-5-13(11)16/h3-5,14H,6-10H2,1-2H3,(H,19,20). The third-order valence-corrected chi connectivity index (χ3v) is 3.80. The molecule has 0 radical (unpaired) electrons. The maximum atomic E-state index is 13.8. The molecule has 1 N–H and O–H groups in total. The average Bonchev–Trinajstić information content (AvgIpc) is 2.79. The molecule has 0 saturated carbocycles. The van der Waals surface area contributed by atoms with E-state index < -0.39 is 5.97 Å². The van der Waals surface area contributed by atoms with Gasteiger partial charge in [-0.25, -0.2) is 4.39 Å². The SMILES string of the molecule is CN(C)CCN(CC(=O)O)C1CCc2c(F)cccc21. The molecule has 2 rings (SSSR count). The first-order valence-electron chi connectivity index (χ1n) is 6.87. The van der Waals surface area contributed by atoms with E-state index in [-0.39, 0.29) is 18.4 Å². The van der Waals surface area contributed by atoms with Crippen LogP contribution in [0.5, 0.6) is 0 Å². The van der Waals surface area contributed by atoms with Crippen LogP contribution in [-0.2, 0) is 11.2 Å². The lowest BCUT2D eigenvalue weighted by molar-refractivity contribution is -0.139. The van der Waals surface area contributed by atoms with Gasteiger partial charge in [0.2, 0.25) is 0 Å². The van der Waals surface area contributed by atoms with Gasteiger partial charge in [0.25, 0.3) is 0 Å². The zero-order valence-corrected chi connectivity index (χ0v) is 12.0. The molecule has 0 aliphatic heterocycles. The van der Waals surface area contributed by atoms with Crippen molar-refractivity contribution in [2.45, 2.75) is 18.9 Å². The number of rotatable bonds is 6. The van der Waals surface area contributed by atoms with Crippen LogP contribution in [0, 0.1) is 5.82 Å². The molecule has 0 aromatic heterocycles. The molecule has 20 heavy (non-hydrogen) atoms. The minimum Gasteiger partial charge on any atom is -0.480 e. The van der Waals surface area contributed by atoms with Crippen molar-refractivity contribution in [1.29, 1.82) is 0 Å². The zero-order valence-electron chi connectivity index (χ0n) is 12.0. The highest BCUT2D eigenvalue weighted by Crippen LogP contribution is 2.36. The molecule has 1 aliphatic rings. The van der Waals surface area contributed by atoms with E-state index in [0.29, 0.717) is 13.0 Å². The molecule has 0 bridgehead atoms. The quantitative estimate of drug-likeness (QED) is 0.862. The van der Waals surface area contributed by atoms with Crippen molar-refractivity contribution in [3.05, 3.63) is 35.1 Å². The van der Waals surface area contributed by atoms with E-state index in [1.54, 1.807) is 6.07 Å². The summed E-state index contributed by atoms with van der Waals surface area (Å²) < 4.78 is 13.8. The van der Waals surface area contributed by atoms with Gasteiger partial charge in [-0.15, -0.1) is 0 Å². The predicted octanol–water partition coefficient (Wildman–Crippen LogP) is 1.76. The molecule has 1 aromatic rings. The van der Waals surface area contributed by atoms with Crippen molar-refractivity contribution in [1.82, 2.24) is 9.80 Å². The minimum atomic E-state index is -0.839. The van der Waals surface area contributed by atoms with Gasteiger partial charge in [0, 0.05) is 19.1 Å². The number of carboxylic acid groups (broad SMARTS) is 1. The largest absolute Gasteiger partial charge is 0.480 e. The first-order chi connectivity index (χ1) is 9.49. The minimum absolute atomic E-state index is 0.00550. The van der Waals surface area contributed by atoms with Gasteiger partial charge in [-0.2, -0.15) is 0 Å². The van der Waals surface area contributed by atoms with Crippen LogP contribution in [0.1, 0.15) is 23.6 Å². The van der Waals surface area contributed by atoms with E-state index in [1.165, 1.54) is 6.07 Å². The first kappa shape index (κ1) is 14.9. The molecule has 0 fully saturated rings. The Morgan fingerprint density at radius 1 is 1.40 bits per heavy atom. The normalized spacial score (nSPS) is 17.8. The molecule has 0 heterocycles. The van der Waals surface area contributed by atoms with Crippen LogP contribution in [0.15, 0.2) is 18.2 Å². The van der Waals surface area contributed by atoms with Crippen molar-refractivity contribution < 1.29 is 14.3 Å². The van der Waals surface area contributed by atoms with E-state index in [2.05, 4.69) is 0 Å². The fourth-order valence-electron chi connectivity index (χ4n) is 2.81. The maximum Gasteiger partial charge on any atom is 0.317 e. The lowest BCUT2D eigenvalue weighted by atomic mass is 10.1. The van der Waals surface area contributed by atoms with Crippen LogP contribution in [0.25, 0.3) is 0 Å². The predicted molar refractivity (Wildman–Crippen MR) is 75.2 cm³/mol. The lowest BCUT2D eigenvalue weighted by Crippen LogP contribution is -2.37. The number of carbonyl (C=O) groups is 1. The number of likely N-dealkylation sites (N-methyl/N-ethyl adjacent to an activating group) is 1. The van der Waals surface area contributed by atoms with Gasteiger partial charge in [-0.1, -0.05) is 12.1 Å². The molecule has 1 atom stereocenters. The summed E-state index contributed by atoms with van der Waals surface area (Å²) in [4.78, 5) is 15.0. The molecular weight excluding hydrogens is 259 g/mol. The second kappa shape index (κ2) is 6.33. The topological polar surface area (TPSA) is 43.8 Å². The van der Waals surface area contributed by atoms with Crippen LogP contribution >= 0.6 is 0 Å². The lowest BCUT2D eigenvalue weighted by Gasteiger charge is -2.29. The number of benzene rings is 1. The van der Waals surface area contributed by atoms with Gasteiger partial charge in [-0.3, -0.25) is 9.69 Å². The fraction of sp³-hybridized carbons (Fsp3) is 0.533. The van der Waals surface area contributed by atoms with Crippen LogP contribution in [0.2, 0.25) is 0 Å². The highest BCUT2D eigenvalue weighted by atomic mass is 19.1. The second-order valence-electron chi connectivity index (χ2n) is 5.53. The molecule has 1 aromatic carbocycles. The van der Waals surface area contributed by atoms with Gasteiger partial charge in [-0.05, 0) is 44.1 Å². The molecule has 1 aliphatic carbocycles. The monoisotopic (exact) mass is 280 g/mol. The summed E-state index contributed by atoms with van der Waals surface area (Å²) in [5.74, 6) is -1.01. The summed E-state index contributed by atoms with van der Waals surface area (Å²) in [6, 6.07) is 5.11. The van der Waals surface area contributed by atoms with Crippen molar-refractivity contribution in [3.63, 3.8) is 0 Å². The Balaban J connectivity index is 2.18. The number of nitrogens with zero attached hydrogens (tertiary/aromatic N) is 2. The van der Waals surface area contributed by atoms with Crippen molar-refractivity contribution in [2.75, 3.05) is 33.7 Å². The Morgan fingerprint density at radius 2 is 2.15 bits per heavy atom. The maximum absolute atomic E-state index is 13.8. The van der Waals surface area contributed by atoms with E-state index in [9.17, 15) is 9.18 Å². The third kappa shape index (κ3) is 3.35. The van der Waals surface area contributed by atoms with Crippen LogP contribution in [0.4, 0.5) is 4.39 Å². The summed E-state index contributed by atoms with van der Waals surface area (Å²) in [5, 5.41) is 9.08. The Labute approximate surface area is 118 Å². The van der Waals surface area contributed by atoms with Gasteiger partial charge < -0.3 is 10.0 Å². The van der Waals surface area contributed by atoms with Crippen LogP contribution < -0.4 is 0 Å². The van der Waals surface area contributed by atoms with Gasteiger partial charge in [0.1, 0.15) is 5.82 Å². The van der Waals surface area contributed by atoms with E-state index in [1.807, 2.05) is 30.0 Å². The van der Waals surface area contributed by atoms with Gasteiger partial charge in [0.05, 0.1) is 6.54 Å². The summed E-state index contributed by atoms with van der Waals surface area (Å²) in [6.07, 6.45) is 1.47. The molecule has 110 valence electrons. The van der Waals surface area contributed by atoms with Gasteiger partial charge >= 0.3 is 5.97 Å². The Hall–Kier alpha value is -1.46. The smallest absolute Gasteiger partial charge is 0.317 e. The zero-order chi connectivity index (χ0) is 14.7. The number of hydrogen-bond donors (Lipinski definition) is 1. The number of hydrogen-bond acceptors (Lipinski definition) is 3. The Morgan fingerprint density at radius 3 is 2.80 bits per heavy atom. The van der Waals surface area contributed by atoms with Crippen molar-refractivity contribution >= 4 is 5.97 Å². The molecule has 0 saturated heterocycles. The van der Waals surface area contributed by atoms with E-state index >= 15 is 0 Å². The first-order valence-corrected chi connectivity index (χ1v) is 6.87. The highest BCUT2D eigenvalue weighted by molar-refractivity contribution is 5.69. The summed E-state index contributed by atoms with van der Waals surface area (Å²) in [7, 11) is 3.92. The number of fused-ring (bicyclic) bond motifs is 1. The number of aliphatic carboxylic acids is 1. The Bertz CT molecular complexity index is 491. The molecule has 0 amide bonds. The van der Waals surface area contributed by atoms with Gasteiger partial charge in [0.15, 0.2) is 0 Å². The van der Waals surface area contributed by atoms with Crippen molar-refractivity contribution in [3.8, 4) is 0 Å². The molecule has 1 unspecified atom stereocenters. The molecule has 0 spiro atoms. The Kier molecular flexibility index (Phi) is 4.73. The van der Waals surface area contributed by atoms with E-state index in [0.717, 1.165) is 24.1 Å². The highest BCUT2D eigenvalue weighted by Gasteiger charge is 2.30. The fourth-order valence-corrected chi connectivity index (χ4v) is 2.81. The van der Waals surface area contributed by atoms with Crippen LogP contribution in [0.3, 0.4) is 0 Å². The second-order valence-corrected chi connectivity index (χ2v) is 5.53. The summed E-state index contributed by atoms with van der Waals surface area (Å²) >= 11 is 0. The number of halogens is 1. The third-order valence-electron chi connectivity index (χ3n) is 3.80. The average molecular weight is 280 g/mol. The molecule has 5 heteroatoms. The molecular formula is C15H21FN2O2. The summed E-state index contributed by atoms with van der Waals surface area (Å²) in [6.45, 7) is 1.45. The van der Waals surface area contributed by atoms with Crippen molar-refractivity contribution in [2.24, 2.45) is 0 Å². The van der Waals surface area contributed by atoms with E-state index in [4.69, 9.17) is 5.11 Å². The van der Waals surface area contributed by atoms with Crippen LogP contribution in [-0.4, -0.2) is 54.6 Å². The molecule has 4 nitrogen and oxygen atoms in total.